The van der Waals surface area contributed by atoms with Crippen molar-refractivity contribution in [3.8, 4) is 0 Å². The molecule has 2 N–H and O–H groups in total. The van der Waals surface area contributed by atoms with Crippen LogP contribution in [0.2, 0.25) is 0 Å². The van der Waals surface area contributed by atoms with Gasteiger partial charge in [0.1, 0.15) is 0 Å². The van der Waals surface area contributed by atoms with Crippen molar-refractivity contribution in [2.75, 3.05) is 0 Å². The minimum atomic E-state index is -1.67. The van der Waals surface area contributed by atoms with Crippen molar-refractivity contribution in [2.45, 2.75) is 77.4 Å². The van der Waals surface area contributed by atoms with E-state index in [0.29, 0.717) is 12.0 Å². The molecule has 0 fully saturated rings. The molecule has 114 valence electrons. The van der Waals surface area contributed by atoms with Gasteiger partial charge in [0.15, 0.2) is 5.79 Å². The van der Waals surface area contributed by atoms with Crippen molar-refractivity contribution < 1.29 is 10.2 Å². The van der Waals surface area contributed by atoms with E-state index in [1.807, 2.05) is 18.2 Å². The average Bonchev–Trinajstić information content (AvgIpc) is 2.45. The van der Waals surface area contributed by atoms with Crippen LogP contribution >= 0.6 is 0 Å². The summed E-state index contributed by atoms with van der Waals surface area (Å²) in [6.07, 6.45) is 9.31. The van der Waals surface area contributed by atoms with Gasteiger partial charge in [-0.25, -0.2) is 0 Å². The molecule has 0 saturated carbocycles. The van der Waals surface area contributed by atoms with Crippen LogP contribution in [0.15, 0.2) is 24.3 Å². The Labute approximate surface area is 123 Å². The molecular weight excluding hydrogens is 248 g/mol. The lowest BCUT2D eigenvalue weighted by atomic mass is 9.96. The van der Waals surface area contributed by atoms with E-state index in [0.717, 1.165) is 32.1 Å². The van der Waals surface area contributed by atoms with Gasteiger partial charge in [-0.05, 0) is 24.8 Å². The molecule has 2 heteroatoms. The fourth-order valence-electron chi connectivity index (χ4n) is 2.48. The van der Waals surface area contributed by atoms with E-state index in [1.54, 1.807) is 0 Å². The first-order valence-electron chi connectivity index (χ1n) is 8.14. The SMILES string of the molecule is CCCCCCCC(O)(O)c1cccc(CCCC)c1. The van der Waals surface area contributed by atoms with Gasteiger partial charge < -0.3 is 10.2 Å². The first-order chi connectivity index (χ1) is 9.60. The summed E-state index contributed by atoms with van der Waals surface area (Å²) in [7, 11) is 0. The normalized spacial score (nSPS) is 11.8. The summed E-state index contributed by atoms with van der Waals surface area (Å²) in [5.74, 6) is -1.67. The minimum absolute atomic E-state index is 0.425. The molecule has 0 bridgehead atoms. The monoisotopic (exact) mass is 278 g/mol. The van der Waals surface area contributed by atoms with Crippen molar-refractivity contribution in [3.63, 3.8) is 0 Å². The minimum Gasteiger partial charge on any atom is -0.362 e. The third kappa shape index (κ3) is 6.06. The van der Waals surface area contributed by atoms with E-state index in [-0.39, 0.29) is 0 Å². The van der Waals surface area contributed by atoms with Crippen molar-refractivity contribution in [2.24, 2.45) is 0 Å². The summed E-state index contributed by atoms with van der Waals surface area (Å²) in [5.41, 5.74) is 1.84. The highest BCUT2D eigenvalue weighted by Crippen LogP contribution is 2.26. The second kappa shape index (κ2) is 9.15. The lowest BCUT2D eigenvalue weighted by Crippen LogP contribution is -2.25. The molecule has 0 radical (unpaired) electrons. The van der Waals surface area contributed by atoms with Crippen LogP contribution in [0.1, 0.15) is 76.3 Å². The zero-order valence-electron chi connectivity index (χ0n) is 13.1. The highest BCUT2D eigenvalue weighted by atomic mass is 16.5. The quantitative estimate of drug-likeness (QED) is 0.488. The number of hydrogen-bond donors (Lipinski definition) is 2. The Morgan fingerprint density at radius 1 is 0.900 bits per heavy atom. The largest absolute Gasteiger partial charge is 0.362 e. The van der Waals surface area contributed by atoms with Crippen molar-refractivity contribution in [3.05, 3.63) is 35.4 Å². The van der Waals surface area contributed by atoms with E-state index in [2.05, 4.69) is 19.9 Å². The van der Waals surface area contributed by atoms with Crippen LogP contribution in [0, 0.1) is 0 Å². The van der Waals surface area contributed by atoms with Crippen molar-refractivity contribution in [1.29, 1.82) is 0 Å². The Hall–Kier alpha value is -0.860. The molecule has 1 aromatic carbocycles. The van der Waals surface area contributed by atoms with Crippen LogP contribution in [0.3, 0.4) is 0 Å². The maximum Gasteiger partial charge on any atom is 0.189 e. The van der Waals surface area contributed by atoms with Gasteiger partial charge in [-0.1, -0.05) is 70.2 Å². The number of benzene rings is 1. The molecule has 0 aromatic heterocycles. The van der Waals surface area contributed by atoms with E-state index in [9.17, 15) is 10.2 Å². The summed E-state index contributed by atoms with van der Waals surface area (Å²) in [6.45, 7) is 4.35. The third-order valence-corrected chi connectivity index (χ3v) is 3.84. The fraction of sp³-hybridized carbons (Fsp3) is 0.667. The van der Waals surface area contributed by atoms with Gasteiger partial charge in [0.2, 0.25) is 0 Å². The highest BCUT2D eigenvalue weighted by molar-refractivity contribution is 5.26. The van der Waals surface area contributed by atoms with Gasteiger partial charge in [-0.15, -0.1) is 0 Å². The van der Waals surface area contributed by atoms with Gasteiger partial charge in [0.05, 0.1) is 0 Å². The highest BCUT2D eigenvalue weighted by Gasteiger charge is 2.25. The van der Waals surface area contributed by atoms with E-state index in [4.69, 9.17) is 0 Å². The fourth-order valence-corrected chi connectivity index (χ4v) is 2.48. The van der Waals surface area contributed by atoms with Crippen LogP contribution < -0.4 is 0 Å². The molecule has 1 aromatic rings. The van der Waals surface area contributed by atoms with Gasteiger partial charge in [0.25, 0.3) is 0 Å². The Bertz CT molecular complexity index is 371. The predicted octanol–water partition coefficient (Wildman–Crippen LogP) is 4.53. The van der Waals surface area contributed by atoms with Gasteiger partial charge in [-0.2, -0.15) is 0 Å². The Kier molecular flexibility index (Phi) is 7.86. The summed E-state index contributed by atoms with van der Waals surface area (Å²) in [4.78, 5) is 0. The lowest BCUT2D eigenvalue weighted by molar-refractivity contribution is -0.175. The maximum atomic E-state index is 10.2. The molecule has 0 aliphatic carbocycles. The Balaban J connectivity index is 2.52. The summed E-state index contributed by atoms with van der Waals surface area (Å²) < 4.78 is 0. The number of rotatable bonds is 10. The van der Waals surface area contributed by atoms with Crippen LogP contribution in [0.25, 0.3) is 0 Å². The summed E-state index contributed by atoms with van der Waals surface area (Å²) in [6, 6.07) is 7.76. The molecule has 0 atom stereocenters. The first kappa shape index (κ1) is 17.2. The molecule has 20 heavy (non-hydrogen) atoms. The van der Waals surface area contributed by atoms with Crippen LogP contribution in [-0.2, 0) is 12.2 Å². The number of aryl methyl sites for hydroxylation is 1. The van der Waals surface area contributed by atoms with Gasteiger partial charge >= 0.3 is 0 Å². The third-order valence-electron chi connectivity index (χ3n) is 3.84. The Morgan fingerprint density at radius 3 is 2.30 bits per heavy atom. The standard InChI is InChI=1S/C18H30O2/c1-3-5-7-8-9-14-18(19,20)17-13-10-12-16(15-17)11-6-4-2/h10,12-13,15,19-20H,3-9,11,14H2,1-2H3. The number of hydrogen-bond acceptors (Lipinski definition) is 2. The van der Waals surface area contributed by atoms with Gasteiger partial charge in [-0.3, -0.25) is 0 Å². The molecule has 0 spiro atoms. The maximum absolute atomic E-state index is 10.2. The van der Waals surface area contributed by atoms with E-state index < -0.39 is 5.79 Å². The molecular formula is C18H30O2. The second-order valence-electron chi connectivity index (χ2n) is 5.78. The molecule has 0 saturated heterocycles. The molecule has 0 amide bonds. The lowest BCUT2D eigenvalue weighted by Gasteiger charge is -2.23. The number of unbranched alkanes of at least 4 members (excludes halogenated alkanes) is 5. The zero-order chi connectivity index (χ0) is 14.8. The second-order valence-corrected chi connectivity index (χ2v) is 5.78. The zero-order valence-corrected chi connectivity index (χ0v) is 13.1. The van der Waals surface area contributed by atoms with Crippen molar-refractivity contribution in [1.82, 2.24) is 0 Å². The van der Waals surface area contributed by atoms with Gasteiger partial charge in [0, 0.05) is 12.0 Å². The summed E-state index contributed by atoms with van der Waals surface area (Å²) >= 11 is 0. The molecule has 2 nitrogen and oxygen atoms in total. The molecule has 0 aliphatic rings. The topological polar surface area (TPSA) is 40.5 Å². The smallest absolute Gasteiger partial charge is 0.189 e. The van der Waals surface area contributed by atoms with Crippen LogP contribution in [-0.4, -0.2) is 10.2 Å². The molecule has 1 rings (SSSR count). The average molecular weight is 278 g/mol. The van der Waals surface area contributed by atoms with Crippen LogP contribution in [0.4, 0.5) is 0 Å². The van der Waals surface area contributed by atoms with E-state index >= 15 is 0 Å². The molecule has 0 heterocycles. The first-order valence-corrected chi connectivity index (χ1v) is 8.14. The van der Waals surface area contributed by atoms with Crippen LogP contribution in [0.5, 0.6) is 0 Å². The summed E-state index contributed by atoms with van der Waals surface area (Å²) in [5, 5.41) is 20.5. The Morgan fingerprint density at radius 2 is 1.60 bits per heavy atom. The molecule has 0 unspecified atom stereocenters. The number of aliphatic hydroxyl groups is 2. The van der Waals surface area contributed by atoms with Crippen molar-refractivity contribution >= 4 is 0 Å². The van der Waals surface area contributed by atoms with E-state index in [1.165, 1.54) is 24.8 Å². The predicted molar refractivity (Wildman–Crippen MR) is 84.5 cm³/mol. The molecule has 0 aliphatic heterocycles.